The van der Waals surface area contributed by atoms with Gasteiger partial charge in [-0.3, -0.25) is 0 Å². The van der Waals surface area contributed by atoms with E-state index in [1.807, 2.05) is 53.7 Å². The zero-order valence-corrected chi connectivity index (χ0v) is 26.0. The van der Waals surface area contributed by atoms with Crippen LogP contribution in [0.3, 0.4) is 0 Å². The molecule has 0 heterocycles. The Morgan fingerprint density at radius 3 is 1.57 bits per heavy atom. The molecule has 0 saturated heterocycles. The highest BCUT2D eigenvalue weighted by atomic mass is 79.9. The van der Waals surface area contributed by atoms with E-state index in [-0.39, 0.29) is 0 Å². The Kier molecular flexibility index (Phi) is 9.10. The van der Waals surface area contributed by atoms with Gasteiger partial charge in [0.2, 0.25) is 0 Å². The molecule has 0 amide bonds. The maximum absolute atomic E-state index is 4.82. The summed E-state index contributed by atoms with van der Waals surface area (Å²) in [7, 11) is 0. The normalized spacial score (nSPS) is 11.2. The van der Waals surface area contributed by atoms with Crippen LogP contribution in [0.25, 0.3) is 12.2 Å². The number of anilines is 5. The topological polar surface area (TPSA) is 18.8 Å². The quantitative estimate of drug-likeness (QED) is 0.0895. The average molecular weight is 635 g/mol. The van der Waals surface area contributed by atoms with Crippen LogP contribution in [0.15, 0.2) is 167 Å². The van der Waals surface area contributed by atoms with Gasteiger partial charge in [-0.2, -0.15) is 5.10 Å². The number of para-hydroxylation sites is 3. The summed E-state index contributed by atoms with van der Waals surface area (Å²) in [6.45, 7) is 2.11. The lowest BCUT2D eigenvalue weighted by atomic mass is 10.1. The van der Waals surface area contributed by atoms with E-state index in [0.29, 0.717) is 0 Å². The van der Waals surface area contributed by atoms with Crippen molar-refractivity contribution < 1.29 is 0 Å². The molecule has 0 aliphatic carbocycles. The van der Waals surface area contributed by atoms with Gasteiger partial charge in [-0.25, -0.2) is 5.01 Å². The van der Waals surface area contributed by atoms with Gasteiger partial charge in [0.1, 0.15) is 0 Å². The molecule has 0 bridgehead atoms. The minimum Gasteiger partial charge on any atom is -0.310 e. The molecule has 0 radical (unpaired) electrons. The fraction of sp³-hybridized carbons (Fsp3) is 0.0250. The first kappa shape index (κ1) is 28.9. The molecule has 0 aliphatic rings. The molecule has 0 N–H and O–H groups in total. The van der Waals surface area contributed by atoms with E-state index in [4.69, 9.17) is 5.10 Å². The van der Waals surface area contributed by atoms with E-state index in [1.165, 1.54) is 5.56 Å². The van der Waals surface area contributed by atoms with Crippen molar-refractivity contribution in [3.63, 3.8) is 0 Å². The lowest BCUT2D eigenvalue weighted by molar-refractivity contribution is 1.09. The number of halogens is 1. The average Bonchev–Trinajstić information content (AvgIpc) is 3.07. The van der Waals surface area contributed by atoms with Gasteiger partial charge in [0, 0.05) is 21.5 Å². The Morgan fingerprint density at radius 2 is 1.00 bits per heavy atom. The van der Waals surface area contributed by atoms with Crippen LogP contribution >= 0.6 is 15.9 Å². The highest BCUT2D eigenvalue weighted by Crippen LogP contribution is 2.37. The Morgan fingerprint density at radius 1 is 0.500 bits per heavy atom. The van der Waals surface area contributed by atoms with E-state index in [1.54, 1.807) is 0 Å². The van der Waals surface area contributed by atoms with Gasteiger partial charge in [-0.15, -0.1) is 0 Å². The molecular weight excluding hydrogens is 602 g/mol. The highest BCUT2D eigenvalue weighted by Gasteiger charge is 2.13. The standard InChI is InChI=1S/C40H32BrN3/c1-31-17-26-36(27-18-31)43(35-11-5-2-6-12-35)39-28-25-34(40(41)29-39)24-23-32-19-21-33(22-20-32)30-42-44(37-13-7-3-8-14-37)38-15-9-4-10-16-38/h2-30H,1H3. The fourth-order valence-electron chi connectivity index (χ4n) is 4.93. The van der Waals surface area contributed by atoms with E-state index in [9.17, 15) is 0 Å². The molecule has 0 spiro atoms. The van der Waals surface area contributed by atoms with Crippen molar-refractivity contribution >= 4 is 62.7 Å². The van der Waals surface area contributed by atoms with Gasteiger partial charge in [-0.05, 0) is 84.3 Å². The van der Waals surface area contributed by atoms with Gasteiger partial charge in [0.05, 0.1) is 17.6 Å². The van der Waals surface area contributed by atoms with Crippen molar-refractivity contribution in [3.05, 3.63) is 184 Å². The van der Waals surface area contributed by atoms with Crippen LogP contribution in [0, 0.1) is 6.92 Å². The van der Waals surface area contributed by atoms with E-state index >= 15 is 0 Å². The number of hydrogen-bond acceptors (Lipinski definition) is 3. The number of nitrogens with zero attached hydrogens (tertiary/aromatic N) is 3. The number of aryl methyl sites for hydroxylation is 1. The smallest absolute Gasteiger partial charge is 0.0652 e. The van der Waals surface area contributed by atoms with Crippen molar-refractivity contribution in [1.82, 2.24) is 0 Å². The first-order valence-electron chi connectivity index (χ1n) is 14.6. The minimum atomic E-state index is 1.01. The van der Waals surface area contributed by atoms with Crippen LogP contribution in [-0.4, -0.2) is 6.21 Å². The molecule has 0 aromatic heterocycles. The van der Waals surface area contributed by atoms with E-state index in [0.717, 1.165) is 49.6 Å². The van der Waals surface area contributed by atoms with Crippen molar-refractivity contribution in [2.75, 3.05) is 9.91 Å². The molecule has 0 aliphatic heterocycles. The molecule has 0 unspecified atom stereocenters. The molecule has 6 rings (SSSR count). The van der Waals surface area contributed by atoms with E-state index < -0.39 is 0 Å². The predicted octanol–water partition coefficient (Wildman–Crippen LogP) is 11.6. The lowest BCUT2D eigenvalue weighted by Crippen LogP contribution is -2.09. The molecule has 4 heteroatoms. The summed E-state index contributed by atoms with van der Waals surface area (Å²) in [6, 6.07) is 54.4. The van der Waals surface area contributed by atoms with Gasteiger partial charge < -0.3 is 4.90 Å². The maximum atomic E-state index is 4.82. The van der Waals surface area contributed by atoms with Crippen molar-refractivity contribution in [1.29, 1.82) is 0 Å². The summed E-state index contributed by atoms with van der Waals surface area (Å²) >= 11 is 3.83. The van der Waals surface area contributed by atoms with Gasteiger partial charge in [0.15, 0.2) is 0 Å². The zero-order valence-electron chi connectivity index (χ0n) is 24.5. The Balaban J connectivity index is 1.19. The first-order valence-corrected chi connectivity index (χ1v) is 15.4. The highest BCUT2D eigenvalue weighted by molar-refractivity contribution is 9.10. The third-order valence-corrected chi connectivity index (χ3v) is 7.95. The minimum absolute atomic E-state index is 1.01. The summed E-state index contributed by atoms with van der Waals surface area (Å²) in [5.74, 6) is 0. The molecule has 3 nitrogen and oxygen atoms in total. The molecule has 0 fully saturated rings. The zero-order chi connectivity index (χ0) is 30.1. The van der Waals surface area contributed by atoms with Crippen molar-refractivity contribution in [3.8, 4) is 0 Å². The van der Waals surface area contributed by atoms with Crippen LogP contribution in [0.1, 0.15) is 22.3 Å². The SMILES string of the molecule is Cc1ccc(N(c2ccccc2)c2ccc(C=Cc3ccc(C=NN(c4ccccc4)c4ccccc4)cc3)c(Br)c2)cc1. The van der Waals surface area contributed by atoms with Gasteiger partial charge in [0.25, 0.3) is 0 Å². The largest absolute Gasteiger partial charge is 0.310 e. The molecule has 44 heavy (non-hydrogen) atoms. The molecule has 0 atom stereocenters. The lowest BCUT2D eigenvalue weighted by Gasteiger charge is -2.26. The second-order valence-electron chi connectivity index (χ2n) is 10.4. The summed E-state index contributed by atoms with van der Waals surface area (Å²) in [5.41, 5.74) is 9.85. The number of hydrogen-bond donors (Lipinski definition) is 0. The third kappa shape index (κ3) is 7.05. The summed E-state index contributed by atoms with van der Waals surface area (Å²) in [4.78, 5) is 2.27. The molecule has 6 aromatic carbocycles. The second-order valence-corrected chi connectivity index (χ2v) is 11.3. The molecule has 214 valence electrons. The van der Waals surface area contributed by atoms with Crippen molar-refractivity contribution in [2.24, 2.45) is 5.10 Å². The predicted molar refractivity (Wildman–Crippen MR) is 192 cm³/mol. The third-order valence-electron chi connectivity index (χ3n) is 7.26. The van der Waals surface area contributed by atoms with Gasteiger partial charge >= 0.3 is 0 Å². The summed E-state index contributed by atoms with van der Waals surface area (Å²) in [5, 5.41) is 6.77. The molecule has 0 saturated carbocycles. The van der Waals surface area contributed by atoms with Crippen LogP contribution in [0.4, 0.5) is 28.4 Å². The summed E-state index contributed by atoms with van der Waals surface area (Å²) in [6.07, 6.45) is 6.17. The monoisotopic (exact) mass is 633 g/mol. The number of benzene rings is 6. The fourth-order valence-corrected chi connectivity index (χ4v) is 5.43. The first-order chi connectivity index (χ1) is 21.6. The maximum Gasteiger partial charge on any atom is 0.0652 e. The molecule has 6 aromatic rings. The van der Waals surface area contributed by atoms with Crippen molar-refractivity contribution in [2.45, 2.75) is 6.92 Å². The Labute approximate surface area is 268 Å². The van der Waals surface area contributed by atoms with E-state index in [2.05, 4.69) is 155 Å². The van der Waals surface area contributed by atoms with Crippen LogP contribution in [0.5, 0.6) is 0 Å². The van der Waals surface area contributed by atoms with Crippen LogP contribution in [0.2, 0.25) is 0 Å². The Hall–Kier alpha value is -5.19. The second kappa shape index (κ2) is 13.9. The summed E-state index contributed by atoms with van der Waals surface area (Å²) < 4.78 is 1.03. The molecular formula is C40H32BrN3. The number of hydrazone groups is 1. The van der Waals surface area contributed by atoms with Crippen LogP contribution < -0.4 is 9.91 Å². The van der Waals surface area contributed by atoms with Gasteiger partial charge in [-0.1, -0.05) is 131 Å². The Bertz CT molecular complexity index is 1810. The van der Waals surface area contributed by atoms with Crippen LogP contribution in [-0.2, 0) is 0 Å². The number of rotatable bonds is 9.